The van der Waals surface area contributed by atoms with Gasteiger partial charge in [-0.25, -0.2) is 8.78 Å². The number of nitrogens with zero attached hydrogens (tertiary/aromatic N) is 1. The quantitative estimate of drug-likeness (QED) is 0.217. The second kappa shape index (κ2) is 11.0. The van der Waals surface area contributed by atoms with Gasteiger partial charge in [-0.1, -0.05) is 25.1 Å². The van der Waals surface area contributed by atoms with Crippen LogP contribution in [0.3, 0.4) is 0 Å². The molecule has 3 N–H and O–H groups in total. The molecule has 0 saturated carbocycles. The van der Waals surface area contributed by atoms with Crippen LogP contribution in [-0.4, -0.2) is 25.4 Å². The number of amides is 2. The first kappa shape index (κ1) is 26.6. The maximum atomic E-state index is 15.3. The first-order valence-corrected chi connectivity index (χ1v) is 12.8. The number of nitrogen functional groups attached to an aromatic ring is 1. The summed E-state index contributed by atoms with van der Waals surface area (Å²) in [6, 6.07) is 22.1. The molecule has 0 aliphatic heterocycles. The zero-order valence-corrected chi connectivity index (χ0v) is 22.0. The van der Waals surface area contributed by atoms with Gasteiger partial charge >= 0.3 is 0 Å². The van der Waals surface area contributed by atoms with Crippen molar-refractivity contribution in [3.05, 3.63) is 108 Å². The fourth-order valence-corrected chi connectivity index (χ4v) is 4.75. The Kier molecular flexibility index (Phi) is 7.33. The molecule has 2 amide bonds. The van der Waals surface area contributed by atoms with Crippen molar-refractivity contribution in [2.75, 3.05) is 24.2 Å². The van der Waals surface area contributed by atoms with E-state index in [1.807, 2.05) is 37.3 Å². The average molecular weight is 540 g/mol. The largest absolute Gasteiger partial charge is 0.455 e. The number of nitrogens with two attached hydrogens (primary N) is 1. The lowest BCUT2D eigenvalue weighted by Crippen LogP contribution is -2.31. The van der Waals surface area contributed by atoms with E-state index in [9.17, 15) is 14.0 Å². The minimum absolute atomic E-state index is 0.113. The number of hydrogen-bond acceptors (Lipinski definition) is 4. The number of anilines is 2. The summed E-state index contributed by atoms with van der Waals surface area (Å²) in [5.74, 6) is -1.48. The predicted molar refractivity (Wildman–Crippen MR) is 153 cm³/mol. The number of benzene rings is 4. The van der Waals surface area contributed by atoms with Gasteiger partial charge in [0.05, 0.1) is 5.56 Å². The summed E-state index contributed by atoms with van der Waals surface area (Å²) < 4.78 is 34.8. The number of para-hydroxylation sites is 1. The lowest BCUT2D eigenvalue weighted by atomic mass is 9.96. The van der Waals surface area contributed by atoms with Crippen LogP contribution < -0.4 is 16.0 Å². The molecule has 8 heteroatoms. The summed E-state index contributed by atoms with van der Waals surface area (Å²) in [7, 11) is 1.48. The first-order chi connectivity index (χ1) is 19.3. The van der Waals surface area contributed by atoms with Gasteiger partial charge in [0.2, 0.25) is 0 Å². The van der Waals surface area contributed by atoms with Crippen LogP contribution in [0.25, 0.3) is 33.4 Å². The molecule has 5 aromatic rings. The van der Waals surface area contributed by atoms with Crippen molar-refractivity contribution >= 4 is 34.2 Å². The molecule has 1 heterocycles. The van der Waals surface area contributed by atoms with Crippen LogP contribution in [0.5, 0.6) is 0 Å². The Morgan fingerprint density at radius 1 is 0.925 bits per heavy atom. The molecule has 0 aliphatic carbocycles. The van der Waals surface area contributed by atoms with Crippen molar-refractivity contribution in [1.29, 1.82) is 0 Å². The van der Waals surface area contributed by atoms with Crippen molar-refractivity contribution in [2.24, 2.45) is 0 Å². The summed E-state index contributed by atoms with van der Waals surface area (Å²) in [6.45, 7) is 2.46. The van der Waals surface area contributed by atoms with Crippen LogP contribution in [0, 0.1) is 11.6 Å². The predicted octanol–water partition coefficient (Wildman–Crippen LogP) is 7.04. The summed E-state index contributed by atoms with van der Waals surface area (Å²) >= 11 is 0. The number of hydrogen-bond donors (Lipinski definition) is 2. The maximum absolute atomic E-state index is 15.3. The molecule has 0 fully saturated rings. The van der Waals surface area contributed by atoms with E-state index in [-0.39, 0.29) is 28.5 Å². The van der Waals surface area contributed by atoms with Gasteiger partial charge < -0.3 is 20.4 Å². The normalized spacial score (nSPS) is 11.0. The molecule has 0 bridgehead atoms. The second-order valence-corrected chi connectivity index (χ2v) is 9.31. The molecule has 6 nitrogen and oxygen atoms in total. The topological polar surface area (TPSA) is 88.6 Å². The minimum atomic E-state index is -0.576. The third-order valence-corrected chi connectivity index (χ3v) is 6.68. The Balaban J connectivity index is 1.64. The number of furan rings is 1. The van der Waals surface area contributed by atoms with Gasteiger partial charge in [-0.2, -0.15) is 0 Å². The van der Waals surface area contributed by atoms with Crippen LogP contribution in [0.4, 0.5) is 20.2 Å². The van der Waals surface area contributed by atoms with Gasteiger partial charge in [0, 0.05) is 58.7 Å². The number of fused-ring (bicyclic) bond motifs is 1. The highest BCUT2D eigenvalue weighted by Gasteiger charge is 2.25. The second-order valence-electron chi connectivity index (χ2n) is 9.31. The van der Waals surface area contributed by atoms with E-state index in [0.29, 0.717) is 34.2 Å². The number of carbonyl (C=O) groups is 2. The highest BCUT2D eigenvalue weighted by atomic mass is 19.1. The molecule has 4 aromatic carbocycles. The van der Waals surface area contributed by atoms with Gasteiger partial charge in [0.25, 0.3) is 11.8 Å². The molecule has 0 atom stereocenters. The molecule has 5 rings (SSSR count). The van der Waals surface area contributed by atoms with E-state index in [1.165, 1.54) is 55.6 Å². The van der Waals surface area contributed by atoms with Crippen molar-refractivity contribution < 1.29 is 22.8 Å². The van der Waals surface area contributed by atoms with Gasteiger partial charge in [0.15, 0.2) is 0 Å². The summed E-state index contributed by atoms with van der Waals surface area (Å²) in [5.41, 5.74) is 9.02. The molecular formula is C32H27F2N3O3. The Hall–Kier alpha value is -4.98. The average Bonchev–Trinajstić information content (AvgIpc) is 3.34. The number of carbonyl (C=O) groups excluding carboxylic acids is 2. The molecule has 0 spiro atoms. The number of rotatable bonds is 7. The van der Waals surface area contributed by atoms with Crippen molar-refractivity contribution in [2.45, 2.75) is 13.3 Å². The zero-order valence-electron chi connectivity index (χ0n) is 22.0. The summed E-state index contributed by atoms with van der Waals surface area (Å²) in [6.07, 6.45) is 0.734. The van der Waals surface area contributed by atoms with Crippen LogP contribution in [0.15, 0.2) is 89.3 Å². The van der Waals surface area contributed by atoms with Crippen LogP contribution in [-0.2, 0) is 0 Å². The Labute approximate surface area is 230 Å². The van der Waals surface area contributed by atoms with Crippen LogP contribution >= 0.6 is 0 Å². The van der Waals surface area contributed by atoms with E-state index in [2.05, 4.69) is 5.32 Å². The molecule has 0 unspecified atom stereocenters. The van der Waals surface area contributed by atoms with Gasteiger partial charge in [-0.15, -0.1) is 0 Å². The van der Waals surface area contributed by atoms with Crippen molar-refractivity contribution in [1.82, 2.24) is 5.32 Å². The Morgan fingerprint density at radius 2 is 1.65 bits per heavy atom. The maximum Gasteiger partial charge on any atom is 0.258 e. The molecule has 0 radical (unpaired) electrons. The zero-order chi connectivity index (χ0) is 28.4. The molecule has 40 heavy (non-hydrogen) atoms. The number of halogens is 2. The van der Waals surface area contributed by atoms with E-state index >= 15 is 4.39 Å². The molecule has 202 valence electrons. The van der Waals surface area contributed by atoms with Crippen LogP contribution in [0.1, 0.15) is 34.1 Å². The fraction of sp³-hybridized carbons (Fsp3) is 0.125. The smallest absolute Gasteiger partial charge is 0.258 e. The van der Waals surface area contributed by atoms with E-state index in [1.54, 1.807) is 11.0 Å². The van der Waals surface area contributed by atoms with Gasteiger partial charge in [-0.05, 0) is 67.1 Å². The van der Waals surface area contributed by atoms with Gasteiger partial charge in [0.1, 0.15) is 23.0 Å². The minimum Gasteiger partial charge on any atom is -0.455 e. The third kappa shape index (κ3) is 4.91. The number of nitrogens with one attached hydrogen (secondary N) is 1. The van der Waals surface area contributed by atoms with Gasteiger partial charge in [-0.3, -0.25) is 9.59 Å². The standard InChI is InChI=1S/C32H27F2N3O3/c1-3-15-37(22-7-5-4-6-8-22)32(39)20-11-14-26(34)23(16-20)24-17-25-28(18-27(24)35)40-30(29(25)31(38)36-2)19-9-12-21(33)13-10-19/h4-14,16-18H,3,15,35H2,1-2H3,(H,36,38). The van der Waals surface area contributed by atoms with E-state index in [0.717, 1.165) is 12.1 Å². The first-order valence-electron chi connectivity index (χ1n) is 12.8. The monoisotopic (exact) mass is 539 g/mol. The Morgan fingerprint density at radius 3 is 2.33 bits per heavy atom. The molecule has 0 saturated heterocycles. The molecule has 1 aromatic heterocycles. The third-order valence-electron chi connectivity index (χ3n) is 6.68. The molecular weight excluding hydrogens is 512 g/mol. The van der Waals surface area contributed by atoms with Crippen molar-refractivity contribution in [3.63, 3.8) is 0 Å². The SMILES string of the molecule is CCCN(C(=O)c1ccc(F)c(-c2cc3c(C(=O)NC)c(-c4ccc(F)cc4)oc3cc2N)c1)c1ccccc1. The highest BCUT2D eigenvalue weighted by Crippen LogP contribution is 2.39. The van der Waals surface area contributed by atoms with Crippen molar-refractivity contribution in [3.8, 4) is 22.5 Å². The van der Waals surface area contributed by atoms with E-state index in [4.69, 9.17) is 10.2 Å². The van der Waals surface area contributed by atoms with Crippen LogP contribution in [0.2, 0.25) is 0 Å². The molecule has 0 aliphatic rings. The summed E-state index contributed by atoms with van der Waals surface area (Å²) in [5, 5.41) is 3.00. The lowest BCUT2D eigenvalue weighted by Gasteiger charge is -2.23. The lowest BCUT2D eigenvalue weighted by molar-refractivity contribution is 0.0962. The summed E-state index contributed by atoms with van der Waals surface area (Å²) in [4.78, 5) is 28.2. The Bertz CT molecular complexity index is 1710. The van der Waals surface area contributed by atoms with E-state index < -0.39 is 17.5 Å². The fourth-order valence-electron chi connectivity index (χ4n) is 4.75. The highest BCUT2D eigenvalue weighted by molar-refractivity contribution is 6.13.